The normalized spacial score (nSPS) is 12.2. The number of sulfonamides is 1. The molecule has 0 aliphatic rings. The van der Waals surface area contributed by atoms with Crippen molar-refractivity contribution in [3.63, 3.8) is 0 Å². The maximum atomic E-state index is 14.1. The Labute approximate surface area is 187 Å². The Morgan fingerprint density at radius 1 is 0.938 bits per heavy atom. The topological polar surface area (TPSA) is 84.5 Å². The molecule has 0 saturated heterocycles. The van der Waals surface area contributed by atoms with E-state index < -0.39 is 32.7 Å². The number of hydrogen-bond donors (Lipinski definition) is 2. The molecule has 2 N–H and O–H groups in total. The van der Waals surface area contributed by atoms with Crippen molar-refractivity contribution in [1.29, 1.82) is 0 Å². The molecule has 0 spiro atoms. The number of carbonyl (C=O) groups is 1. The minimum absolute atomic E-state index is 0.128. The second-order valence-corrected chi connectivity index (χ2v) is 8.87. The molecular formula is C24H25FN2O4S. The standard InChI is InChI=1S/C24H25FN2O4S/c1-31-20-13-11-18(12-14-20)15-16-26-24(28)22(17-19-7-3-2-4-8-19)27-32(29,30)23-10-6-5-9-21(23)25/h2-14,22,27H,15-17H2,1H3,(H,26,28). The predicted molar refractivity (Wildman–Crippen MR) is 120 cm³/mol. The van der Waals surface area contributed by atoms with E-state index in [0.29, 0.717) is 13.0 Å². The third-order valence-electron chi connectivity index (χ3n) is 4.89. The van der Waals surface area contributed by atoms with Crippen LogP contribution in [0.3, 0.4) is 0 Å². The van der Waals surface area contributed by atoms with Crippen molar-refractivity contribution in [3.8, 4) is 5.75 Å². The van der Waals surface area contributed by atoms with Crippen LogP contribution in [0.2, 0.25) is 0 Å². The van der Waals surface area contributed by atoms with Crippen LogP contribution in [0.5, 0.6) is 5.75 Å². The SMILES string of the molecule is COc1ccc(CCNC(=O)C(Cc2ccccc2)NS(=O)(=O)c2ccccc2F)cc1. The summed E-state index contributed by atoms with van der Waals surface area (Å²) in [6.07, 6.45) is 0.691. The number of hydrogen-bond acceptors (Lipinski definition) is 4. The number of rotatable bonds is 10. The molecular weight excluding hydrogens is 431 g/mol. The fraction of sp³-hybridized carbons (Fsp3) is 0.208. The molecule has 0 aliphatic carbocycles. The summed E-state index contributed by atoms with van der Waals surface area (Å²) in [7, 11) is -2.65. The highest BCUT2D eigenvalue weighted by Crippen LogP contribution is 2.15. The minimum atomic E-state index is -4.24. The number of ether oxygens (including phenoxy) is 1. The van der Waals surface area contributed by atoms with Crippen molar-refractivity contribution in [1.82, 2.24) is 10.0 Å². The molecule has 1 unspecified atom stereocenters. The number of methoxy groups -OCH3 is 1. The van der Waals surface area contributed by atoms with E-state index >= 15 is 0 Å². The van der Waals surface area contributed by atoms with E-state index in [-0.39, 0.29) is 6.42 Å². The molecule has 6 nitrogen and oxygen atoms in total. The van der Waals surface area contributed by atoms with Gasteiger partial charge in [-0.3, -0.25) is 4.79 Å². The van der Waals surface area contributed by atoms with Crippen LogP contribution in [0.25, 0.3) is 0 Å². The van der Waals surface area contributed by atoms with Gasteiger partial charge in [-0.2, -0.15) is 4.72 Å². The van der Waals surface area contributed by atoms with Crippen LogP contribution in [0, 0.1) is 5.82 Å². The van der Waals surface area contributed by atoms with Crippen LogP contribution in [0.4, 0.5) is 4.39 Å². The molecule has 0 bridgehead atoms. The van der Waals surface area contributed by atoms with Crippen LogP contribution < -0.4 is 14.8 Å². The van der Waals surface area contributed by atoms with Crippen molar-refractivity contribution < 1.29 is 22.3 Å². The van der Waals surface area contributed by atoms with Crippen LogP contribution >= 0.6 is 0 Å². The van der Waals surface area contributed by atoms with Gasteiger partial charge in [-0.25, -0.2) is 12.8 Å². The first kappa shape index (κ1) is 23.4. The highest BCUT2D eigenvalue weighted by atomic mass is 32.2. The highest BCUT2D eigenvalue weighted by molar-refractivity contribution is 7.89. The lowest BCUT2D eigenvalue weighted by atomic mass is 10.1. The summed E-state index contributed by atoms with van der Waals surface area (Å²) < 4.78 is 47.1. The van der Waals surface area contributed by atoms with Crippen molar-refractivity contribution in [2.45, 2.75) is 23.8 Å². The monoisotopic (exact) mass is 456 g/mol. The van der Waals surface area contributed by atoms with Crippen LogP contribution in [-0.2, 0) is 27.7 Å². The smallest absolute Gasteiger partial charge is 0.244 e. The summed E-state index contributed by atoms with van der Waals surface area (Å²) in [6, 6.07) is 20.5. The lowest BCUT2D eigenvalue weighted by Crippen LogP contribution is -2.48. The first-order valence-corrected chi connectivity index (χ1v) is 11.6. The van der Waals surface area contributed by atoms with Crippen molar-refractivity contribution >= 4 is 15.9 Å². The van der Waals surface area contributed by atoms with Crippen molar-refractivity contribution in [3.05, 3.63) is 95.8 Å². The fourth-order valence-electron chi connectivity index (χ4n) is 3.20. The summed E-state index contributed by atoms with van der Waals surface area (Å²) >= 11 is 0. The van der Waals surface area contributed by atoms with Crippen LogP contribution in [0.1, 0.15) is 11.1 Å². The molecule has 168 valence electrons. The van der Waals surface area contributed by atoms with Gasteiger partial charge in [0.1, 0.15) is 22.5 Å². The first-order valence-electron chi connectivity index (χ1n) is 10.1. The van der Waals surface area contributed by atoms with Gasteiger partial charge in [0.2, 0.25) is 15.9 Å². The number of benzene rings is 3. The quantitative estimate of drug-likeness (QED) is 0.491. The number of amides is 1. The van der Waals surface area contributed by atoms with Gasteiger partial charge in [0.25, 0.3) is 0 Å². The number of halogens is 1. The fourth-order valence-corrected chi connectivity index (χ4v) is 4.47. The zero-order valence-corrected chi connectivity index (χ0v) is 18.4. The maximum absolute atomic E-state index is 14.1. The molecule has 8 heteroatoms. The van der Waals surface area contributed by atoms with E-state index in [2.05, 4.69) is 10.0 Å². The molecule has 32 heavy (non-hydrogen) atoms. The van der Waals surface area contributed by atoms with Gasteiger partial charge in [-0.05, 0) is 48.2 Å². The van der Waals surface area contributed by atoms with Crippen LogP contribution in [-0.4, -0.2) is 34.0 Å². The van der Waals surface area contributed by atoms with E-state index in [0.717, 1.165) is 22.9 Å². The Morgan fingerprint density at radius 2 is 1.59 bits per heavy atom. The van der Waals surface area contributed by atoms with E-state index in [1.54, 1.807) is 31.4 Å². The van der Waals surface area contributed by atoms with E-state index in [9.17, 15) is 17.6 Å². The number of nitrogens with one attached hydrogen (secondary N) is 2. The van der Waals surface area contributed by atoms with Gasteiger partial charge in [-0.1, -0.05) is 54.6 Å². The second-order valence-electron chi connectivity index (χ2n) is 7.18. The average molecular weight is 457 g/mol. The first-order chi connectivity index (χ1) is 15.4. The summed E-state index contributed by atoms with van der Waals surface area (Å²) in [5.74, 6) is -0.621. The number of carbonyl (C=O) groups excluding carboxylic acids is 1. The van der Waals surface area contributed by atoms with Crippen molar-refractivity contribution in [2.24, 2.45) is 0 Å². The molecule has 1 amide bonds. The van der Waals surface area contributed by atoms with Gasteiger partial charge in [-0.15, -0.1) is 0 Å². The van der Waals surface area contributed by atoms with Gasteiger partial charge in [0.15, 0.2) is 0 Å². The molecule has 3 aromatic rings. The Hall–Kier alpha value is -3.23. The van der Waals surface area contributed by atoms with Crippen LogP contribution in [0.15, 0.2) is 83.8 Å². The van der Waals surface area contributed by atoms with E-state index in [4.69, 9.17) is 4.74 Å². The molecule has 3 aromatic carbocycles. The molecule has 0 heterocycles. The largest absolute Gasteiger partial charge is 0.497 e. The summed E-state index contributed by atoms with van der Waals surface area (Å²) in [5, 5.41) is 2.78. The Balaban J connectivity index is 1.71. The minimum Gasteiger partial charge on any atom is -0.497 e. The molecule has 0 fully saturated rings. The zero-order valence-electron chi connectivity index (χ0n) is 17.6. The third kappa shape index (κ3) is 6.38. The van der Waals surface area contributed by atoms with Gasteiger partial charge < -0.3 is 10.1 Å². The third-order valence-corrected chi connectivity index (χ3v) is 6.40. The van der Waals surface area contributed by atoms with Gasteiger partial charge in [0.05, 0.1) is 7.11 Å². The van der Waals surface area contributed by atoms with Gasteiger partial charge in [0, 0.05) is 6.54 Å². The molecule has 0 radical (unpaired) electrons. The second kappa shape index (κ2) is 10.9. The van der Waals surface area contributed by atoms with E-state index in [1.807, 2.05) is 30.3 Å². The molecule has 1 atom stereocenters. The summed E-state index contributed by atoms with van der Waals surface area (Å²) in [6.45, 7) is 0.317. The molecule has 0 aliphatic heterocycles. The van der Waals surface area contributed by atoms with E-state index in [1.165, 1.54) is 18.2 Å². The zero-order chi connectivity index (χ0) is 23.0. The molecule has 3 rings (SSSR count). The Bertz CT molecular complexity index is 1140. The average Bonchev–Trinajstić information content (AvgIpc) is 2.80. The highest BCUT2D eigenvalue weighted by Gasteiger charge is 2.27. The maximum Gasteiger partial charge on any atom is 0.244 e. The predicted octanol–water partition coefficient (Wildman–Crippen LogP) is 3.08. The molecule has 0 aromatic heterocycles. The Kier molecular flexibility index (Phi) is 7.97. The summed E-state index contributed by atoms with van der Waals surface area (Å²) in [4.78, 5) is 12.4. The van der Waals surface area contributed by atoms with Gasteiger partial charge >= 0.3 is 0 Å². The lowest BCUT2D eigenvalue weighted by Gasteiger charge is -2.19. The van der Waals surface area contributed by atoms with Crippen molar-refractivity contribution in [2.75, 3.05) is 13.7 Å². The Morgan fingerprint density at radius 3 is 2.25 bits per heavy atom. The summed E-state index contributed by atoms with van der Waals surface area (Å²) in [5.41, 5.74) is 1.77. The lowest BCUT2D eigenvalue weighted by molar-refractivity contribution is -0.122. The molecule has 0 saturated carbocycles.